The van der Waals surface area contributed by atoms with E-state index in [2.05, 4.69) is 43.1 Å². The number of nitrogens with zero attached hydrogens (tertiary/aromatic N) is 2. The molecule has 0 bridgehead atoms. The zero-order chi connectivity index (χ0) is 16.7. The second kappa shape index (κ2) is 10.4. The smallest absolute Gasteiger partial charge is 0.193 e. The molecule has 1 heterocycles. The lowest BCUT2D eigenvalue weighted by Gasteiger charge is -2.39. The van der Waals surface area contributed by atoms with Gasteiger partial charge >= 0.3 is 0 Å². The van der Waals surface area contributed by atoms with Gasteiger partial charge < -0.3 is 15.0 Å². The predicted molar refractivity (Wildman–Crippen MR) is 116 cm³/mol. The number of thioether (sulfide) groups is 1. The molecule has 1 fully saturated rings. The van der Waals surface area contributed by atoms with Crippen LogP contribution < -0.4 is 10.1 Å². The monoisotopic (exact) mass is 463 g/mol. The standard InChI is InChI=1S/C18H29N3OS.HI/c1-5-19-17(21-12-13-23-18(2,3)14-21)20-11-10-15-8-6-7-9-16(15)22-4;/h6-9H,5,10-14H2,1-4H3,(H,19,20);1H. The molecule has 1 aliphatic heterocycles. The van der Waals surface area contributed by atoms with Crippen molar-refractivity contribution in [3.8, 4) is 5.75 Å². The third kappa shape index (κ3) is 6.35. The third-order valence-corrected chi connectivity index (χ3v) is 5.19. The number of hydrogen-bond acceptors (Lipinski definition) is 3. The Labute approximate surface area is 167 Å². The summed E-state index contributed by atoms with van der Waals surface area (Å²) in [7, 11) is 1.72. The molecule has 1 aliphatic rings. The SMILES string of the molecule is CCNC(=NCCc1ccccc1OC)N1CCSC(C)(C)C1.I. The van der Waals surface area contributed by atoms with Crippen molar-refractivity contribution in [2.75, 3.05) is 39.0 Å². The highest BCUT2D eigenvalue weighted by Crippen LogP contribution is 2.29. The molecule has 24 heavy (non-hydrogen) atoms. The van der Waals surface area contributed by atoms with Crippen LogP contribution in [-0.4, -0.2) is 54.6 Å². The molecule has 0 amide bonds. The van der Waals surface area contributed by atoms with E-state index in [1.807, 2.05) is 23.9 Å². The van der Waals surface area contributed by atoms with Gasteiger partial charge in [-0.05, 0) is 38.8 Å². The van der Waals surface area contributed by atoms with E-state index in [1.54, 1.807) is 7.11 Å². The van der Waals surface area contributed by atoms with Gasteiger partial charge in [0.2, 0.25) is 0 Å². The van der Waals surface area contributed by atoms with Crippen molar-refractivity contribution in [2.45, 2.75) is 31.9 Å². The lowest BCUT2D eigenvalue weighted by Crippen LogP contribution is -2.51. The van der Waals surface area contributed by atoms with Gasteiger partial charge in [0.05, 0.1) is 7.11 Å². The molecule has 1 aromatic carbocycles. The molecule has 1 saturated heterocycles. The van der Waals surface area contributed by atoms with Crippen molar-refractivity contribution in [3.63, 3.8) is 0 Å². The van der Waals surface area contributed by atoms with Crippen LogP contribution in [0.2, 0.25) is 0 Å². The van der Waals surface area contributed by atoms with Crippen LogP contribution in [0.15, 0.2) is 29.3 Å². The molecule has 1 N–H and O–H groups in total. The van der Waals surface area contributed by atoms with Crippen molar-refractivity contribution in [1.82, 2.24) is 10.2 Å². The molecule has 0 aliphatic carbocycles. The van der Waals surface area contributed by atoms with Crippen LogP contribution in [0.5, 0.6) is 5.75 Å². The van der Waals surface area contributed by atoms with E-state index in [9.17, 15) is 0 Å². The van der Waals surface area contributed by atoms with E-state index in [0.717, 1.165) is 50.1 Å². The minimum atomic E-state index is 0. The molecule has 4 nitrogen and oxygen atoms in total. The van der Waals surface area contributed by atoms with E-state index >= 15 is 0 Å². The zero-order valence-electron chi connectivity index (χ0n) is 15.2. The summed E-state index contributed by atoms with van der Waals surface area (Å²) in [6.45, 7) is 10.5. The fourth-order valence-electron chi connectivity index (χ4n) is 2.81. The van der Waals surface area contributed by atoms with Crippen LogP contribution in [0.25, 0.3) is 0 Å². The molecular weight excluding hydrogens is 433 g/mol. The quantitative estimate of drug-likeness (QED) is 0.411. The van der Waals surface area contributed by atoms with Gasteiger partial charge in [0.1, 0.15) is 5.75 Å². The molecule has 2 rings (SSSR count). The molecular formula is C18H30IN3OS. The van der Waals surface area contributed by atoms with Gasteiger partial charge in [0.15, 0.2) is 5.96 Å². The van der Waals surface area contributed by atoms with E-state index in [0.29, 0.717) is 0 Å². The minimum absolute atomic E-state index is 0. The highest BCUT2D eigenvalue weighted by atomic mass is 127. The molecule has 6 heteroatoms. The van der Waals surface area contributed by atoms with Gasteiger partial charge in [0.25, 0.3) is 0 Å². The summed E-state index contributed by atoms with van der Waals surface area (Å²) in [6, 6.07) is 8.18. The number of halogens is 1. The average Bonchev–Trinajstić information content (AvgIpc) is 2.53. The van der Waals surface area contributed by atoms with E-state index in [4.69, 9.17) is 9.73 Å². The number of hydrogen-bond donors (Lipinski definition) is 1. The number of para-hydroxylation sites is 1. The Bertz CT molecular complexity index is 537. The molecule has 0 spiro atoms. The molecule has 0 atom stereocenters. The summed E-state index contributed by atoms with van der Waals surface area (Å²) in [5.74, 6) is 3.14. The first-order valence-corrected chi connectivity index (χ1v) is 9.33. The van der Waals surface area contributed by atoms with E-state index in [-0.39, 0.29) is 28.7 Å². The van der Waals surface area contributed by atoms with Gasteiger partial charge in [-0.2, -0.15) is 11.8 Å². The van der Waals surface area contributed by atoms with E-state index in [1.165, 1.54) is 5.56 Å². The van der Waals surface area contributed by atoms with Crippen LogP contribution in [0, 0.1) is 0 Å². The average molecular weight is 463 g/mol. The maximum atomic E-state index is 5.42. The van der Waals surface area contributed by atoms with Crippen LogP contribution in [0.3, 0.4) is 0 Å². The fraction of sp³-hybridized carbons (Fsp3) is 0.611. The summed E-state index contributed by atoms with van der Waals surface area (Å²) in [6.07, 6.45) is 0.894. The molecule has 0 aromatic heterocycles. The lowest BCUT2D eigenvalue weighted by atomic mass is 10.1. The van der Waals surface area contributed by atoms with Gasteiger partial charge in [-0.1, -0.05) is 18.2 Å². The molecule has 0 radical (unpaired) electrons. The number of methoxy groups -OCH3 is 1. The highest BCUT2D eigenvalue weighted by Gasteiger charge is 2.28. The van der Waals surface area contributed by atoms with Crippen molar-refractivity contribution in [1.29, 1.82) is 0 Å². The minimum Gasteiger partial charge on any atom is -0.496 e. The summed E-state index contributed by atoms with van der Waals surface area (Å²) in [5.41, 5.74) is 1.21. The number of aliphatic imine (C=N–C) groups is 1. The third-order valence-electron chi connectivity index (χ3n) is 3.90. The van der Waals surface area contributed by atoms with Crippen LogP contribution in [-0.2, 0) is 6.42 Å². The second-order valence-electron chi connectivity index (χ2n) is 6.33. The van der Waals surface area contributed by atoms with Gasteiger partial charge in [-0.15, -0.1) is 24.0 Å². The number of guanidine groups is 1. The normalized spacial score (nSPS) is 17.2. The fourth-order valence-corrected chi connectivity index (χ4v) is 3.93. The summed E-state index contributed by atoms with van der Waals surface area (Å²) < 4.78 is 5.71. The highest BCUT2D eigenvalue weighted by molar-refractivity contribution is 14.0. The Morgan fingerprint density at radius 3 is 2.79 bits per heavy atom. The lowest BCUT2D eigenvalue weighted by molar-refractivity contribution is 0.376. The Morgan fingerprint density at radius 1 is 1.38 bits per heavy atom. The van der Waals surface area contributed by atoms with Crippen molar-refractivity contribution >= 4 is 41.7 Å². The number of nitrogens with one attached hydrogen (secondary N) is 1. The number of rotatable bonds is 5. The largest absolute Gasteiger partial charge is 0.496 e. The van der Waals surface area contributed by atoms with Gasteiger partial charge in [-0.25, -0.2) is 0 Å². The first-order chi connectivity index (χ1) is 11.1. The molecule has 0 unspecified atom stereocenters. The maximum Gasteiger partial charge on any atom is 0.193 e. The summed E-state index contributed by atoms with van der Waals surface area (Å²) >= 11 is 2.04. The Balaban J connectivity index is 0.00000288. The van der Waals surface area contributed by atoms with Gasteiger partial charge in [-0.3, -0.25) is 4.99 Å². The maximum absolute atomic E-state index is 5.42. The number of ether oxygens (including phenoxy) is 1. The first kappa shape index (κ1) is 21.4. The summed E-state index contributed by atoms with van der Waals surface area (Å²) in [5, 5.41) is 3.44. The van der Waals surface area contributed by atoms with Crippen LogP contribution >= 0.6 is 35.7 Å². The second-order valence-corrected chi connectivity index (χ2v) is 8.13. The van der Waals surface area contributed by atoms with Crippen molar-refractivity contribution < 1.29 is 4.74 Å². The first-order valence-electron chi connectivity index (χ1n) is 8.35. The topological polar surface area (TPSA) is 36.9 Å². The number of benzene rings is 1. The Hall–Kier alpha value is -0.630. The molecule has 136 valence electrons. The van der Waals surface area contributed by atoms with Crippen LogP contribution in [0.4, 0.5) is 0 Å². The Morgan fingerprint density at radius 2 is 2.12 bits per heavy atom. The van der Waals surface area contributed by atoms with Crippen LogP contribution in [0.1, 0.15) is 26.3 Å². The predicted octanol–water partition coefficient (Wildman–Crippen LogP) is 3.65. The van der Waals surface area contributed by atoms with E-state index < -0.39 is 0 Å². The van der Waals surface area contributed by atoms with Crippen molar-refractivity contribution in [3.05, 3.63) is 29.8 Å². The van der Waals surface area contributed by atoms with Gasteiger partial charge in [0, 0.05) is 36.7 Å². The molecule has 0 saturated carbocycles. The summed E-state index contributed by atoms with van der Waals surface area (Å²) in [4.78, 5) is 7.23. The molecule has 1 aromatic rings. The Kier molecular flexibility index (Phi) is 9.26. The zero-order valence-corrected chi connectivity index (χ0v) is 18.3. The van der Waals surface area contributed by atoms with Crippen molar-refractivity contribution in [2.24, 2.45) is 4.99 Å².